The van der Waals surface area contributed by atoms with Gasteiger partial charge in [0.25, 0.3) is 0 Å². The van der Waals surface area contributed by atoms with Crippen molar-refractivity contribution in [2.45, 2.75) is 19.3 Å². The second kappa shape index (κ2) is 8.70. The minimum absolute atomic E-state index is 0.134. The van der Waals surface area contributed by atoms with Gasteiger partial charge in [-0.25, -0.2) is 9.37 Å². The van der Waals surface area contributed by atoms with Crippen LogP contribution in [0, 0.1) is 5.82 Å². The van der Waals surface area contributed by atoms with Crippen LogP contribution in [-0.2, 0) is 11.2 Å². The highest BCUT2D eigenvalue weighted by atomic mass is 32.1. The lowest BCUT2D eigenvalue weighted by molar-refractivity contribution is -0.116. The molecule has 3 heterocycles. The summed E-state index contributed by atoms with van der Waals surface area (Å²) in [5.74, 6) is 0.374. The van der Waals surface area contributed by atoms with Crippen LogP contribution in [0.5, 0.6) is 0 Å². The normalized spacial score (nSPS) is 10.8. The van der Waals surface area contributed by atoms with E-state index < -0.39 is 0 Å². The zero-order valence-electron chi connectivity index (χ0n) is 15.2. The summed E-state index contributed by atoms with van der Waals surface area (Å²) in [6.07, 6.45) is 3.02. The van der Waals surface area contributed by atoms with Gasteiger partial charge >= 0.3 is 0 Å². The first kappa shape index (κ1) is 18.9. The molecule has 0 aliphatic rings. The Kier molecular flexibility index (Phi) is 5.66. The van der Waals surface area contributed by atoms with Crippen molar-refractivity contribution in [3.8, 4) is 22.8 Å². The van der Waals surface area contributed by atoms with E-state index in [9.17, 15) is 9.18 Å². The van der Waals surface area contributed by atoms with E-state index in [1.165, 1.54) is 23.5 Å². The van der Waals surface area contributed by atoms with Gasteiger partial charge in [-0.2, -0.15) is 4.98 Å². The summed E-state index contributed by atoms with van der Waals surface area (Å²) in [4.78, 5) is 25.1. The number of hydrogen-bond acceptors (Lipinski definition) is 7. The molecule has 0 radical (unpaired) electrons. The highest BCUT2D eigenvalue weighted by molar-refractivity contribution is 7.14. The molecule has 4 aromatic rings. The molecule has 0 atom stereocenters. The van der Waals surface area contributed by atoms with Crippen LogP contribution in [0.2, 0.25) is 0 Å². The van der Waals surface area contributed by atoms with Gasteiger partial charge in [0.1, 0.15) is 11.5 Å². The van der Waals surface area contributed by atoms with E-state index in [1.54, 1.807) is 18.3 Å². The van der Waals surface area contributed by atoms with E-state index in [-0.39, 0.29) is 11.7 Å². The number of rotatable bonds is 7. The Labute approximate surface area is 169 Å². The second-order valence-corrected chi connectivity index (χ2v) is 7.03. The van der Waals surface area contributed by atoms with Crippen LogP contribution in [0.4, 0.5) is 9.52 Å². The predicted molar refractivity (Wildman–Crippen MR) is 107 cm³/mol. The molecule has 1 amide bonds. The molecular formula is C20H16FN5O2S. The number of amides is 1. The molecule has 0 aliphatic heterocycles. The number of hydrogen-bond donors (Lipinski definition) is 1. The number of pyridine rings is 1. The third-order valence-electron chi connectivity index (χ3n) is 4.04. The van der Waals surface area contributed by atoms with E-state index in [2.05, 4.69) is 25.4 Å². The van der Waals surface area contributed by atoms with E-state index in [4.69, 9.17) is 4.52 Å². The molecule has 9 heteroatoms. The maximum Gasteiger partial charge on any atom is 0.226 e. The molecule has 4 rings (SSSR count). The van der Waals surface area contributed by atoms with Gasteiger partial charge in [-0.15, -0.1) is 11.3 Å². The summed E-state index contributed by atoms with van der Waals surface area (Å²) in [7, 11) is 0. The highest BCUT2D eigenvalue weighted by Gasteiger charge is 2.11. The van der Waals surface area contributed by atoms with Crippen molar-refractivity contribution in [1.29, 1.82) is 0 Å². The number of aromatic nitrogens is 4. The van der Waals surface area contributed by atoms with Crippen LogP contribution >= 0.6 is 11.3 Å². The molecule has 0 saturated carbocycles. The Bertz CT molecular complexity index is 1100. The maximum absolute atomic E-state index is 13.0. The Morgan fingerprint density at radius 2 is 1.97 bits per heavy atom. The average Bonchev–Trinajstić information content (AvgIpc) is 3.39. The second-order valence-electron chi connectivity index (χ2n) is 6.17. The zero-order chi connectivity index (χ0) is 20.1. The van der Waals surface area contributed by atoms with Crippen molar-refractivity contribution in [2.75, 3.05) is 5.32 Å². The van der Waals surface area contributed by atoms with Crippen molar-refractivity contribution in [3.05, 3.63) is 65.7 Å². The van der Waals surface area contributed by atoms with Crippen LogP contribution in [0.1, 0.15) is 18.7 Å². The lowest BCUT2D eigenvalue weighted by atomic mass is 10.2. The Hall–Kier alpha value is -3.46. The average molecular weight is 409 g/mol. The molecule has 0 bridgehead atoms. The minimum Gasteiger partial charge on any atom is -0.339 e. The first-order valence-electron chi connectivity index (χ1n) is 8.93. The third kappa shape index (κ3) is 4.88. The maximum atomic E-state index is 13.0. The van der Waals surface area contributed by atoms with E-state index in [1.807, 2.05) is 23.6 Å². The summed E-state index contributed by atoms with van der Waals surface area (Å²) >= 11 is 1.35. The SMILES string of the molecule is O=C(CCCc1nc(-c2ccc(F)cc2)no1)Nc1nc(-c2ccccn2)cs1. The molecule has 7 nitrogen and oxygen atoms in total. The van der Waals surface area contributed by atoms with Crippen molar-refractivity contribution < 1.29 is 13.7 Å². The fourth-order valence-electron chi connectivity index (χ4n) is 2.62. The molecule has 1 N–H and O–H groups in total. The summed E-state index contributed by atoms with van der Waals surface area (Å²) in [6, 6.07) is 11.4. The Morgan fingerprint density at radius 1 is 1.10 bits per heavy atom. The lowest BCUT2D eigenvalue weighted by Gasteiger charge is -2.00. The number of nitrogens with zero attached hydrogens (tertiary/aromatic N) is 4. The quantitative estimate of drug-likeness (QED) is 0.488. The summed E-state index contributed by atoms with van der Waals surface area (Å²) in [5, 5.41) is 9.07. The van der Waals surface area contributed by atoms with Crippen LogP contribution in [-0.4, -0.2) is 26.0 Å². The fourth-order valence-corrected chi connectivity index (χ4v) is 3.34. The van der Waals surface area contributed by atoms with Crippen LogP contribution in [0.25, 0.3) is 22.8 Å². The number of aryl methyl sites for hydroxylation is 1. The van der Waals surface area contributed by atoms with E-state index in [0.29, 0.717) is 41.7 Å². The number of halogens is 1. The van der Waals surface area contributed by atoms with Gasteiger partial charge in [0.2, 0.25) is 17.6 Å². The molecule has 0 aliphatic carbocycles. The standard InChI is InChI=1S/C20H16FN5O2S/c21-14-9-7-13(8-10-14)19-25-18(28-26-19)6-3-5-17(27)24-20-23-16(12-29-20)15-4-1-2-11-22-15/h1-2,4,7-12H,3,5-6H2,(H,23,24,27). The highest BCUT2D eigenvalue weighted by Crippen LogP contribution is 2.23. The van der Waals surface area contributed by atoms with Crippen LogP contribution in [0.15, 0.2) is 58.6 Å². The van der Waals surface area contributed by atoms with Crippen LogP contribution < -0.4 is 5.32 Å². The summed E-state index contributed by atoms with van der Waals surface area (Å²) < 4.78 is 18.2. The molecule has 0 saturated heterocycles. The smallest absolute Gasteiger partial charge is 0.226 e. The van der Waals surface area contributed by atoms with Gasteiger partial charge in [-0.1, -0.05) is 11.2 Å². The topological polar surface area (TPSA) is 93.8 Å². The molecule has 3 aromatic heterocycles. The number of anilines is 1. The van der Waals surface area contributed by atoms with Crippen molar-refractivity contribution in [1.82, 2.24) is 20.1 Å². The molecular weight excluding hydrogens is 393 g/mol. The van der Waals surface area contributed by atoms with Crippen LogP contribution in [0.3, 0.4) is 0 Å². The number of carbonyl (C=O) groups excluding carboxylic acids is 1. The molecule has 0 fully saturated rings. The zero-order valence-corrected chi connectivity index (χ0v) is 16.0. The number of benzene rings is 1. The van der Waals surface area contributed by atoms with Gasteiger partial charge in [-0.05, 0) is 42.8 Å². The predicted octanol–water partition coefficient (Wildman–Crippen LogP) is 4.36. The van der Waals surface area contributed by atoms with Gasteiger partial charge in [0, 0.05) is 30.0 Å². The van der Waals surface area contributed by atoms with Crippen molar-refractivity contribution in [3.63, 3.8) is 0 Å². The molecule has 0 unspecified atom stereocenters. The molecule has 1 aromatic carbocycles. The third-order valence-corrected chi connectivity index (χ3v) is 4.80. The molecule has 0 spiro atoms. The summed E-state index contributed by atoms with van der Waals surface area (Å²) in [5.41, 5.74) is 2.16. The van der Waals surface area contributed by atoms with E-state index >= 15 is 0 Å². The Morgan fingerprint density at radius 3 is 2.76 bits per heavy atom. The molecule has 146 valence electrons. The first-order valence-corrected chi connectivity index (χ1v) is 9.80. The van der Waals surface area contributed by atoms with Gasteiger partial charge in [-0.3, -0.25) is 9.78 Å². The fraction of sp³-hybridized carbons (Fsp3) is 0.150. The van der Waals surface area contributed by atoms with Crippen molar-refractivity contribution in [2.24, 2.45) is 0 Å². The monoisotopic (exact) mass is 409 g/mol. The minimum atomic E-state index is -0.323. The largest absolute Gasteiger partial charge is 0.339 e. The first-order chi connectivity index (χ1) is 14.2. The van der Waals surface area contributed by atoms with Gasteiger partial charge in [0.05, 0.1) is 5.69 Å². The summed E-state index contributed by atoms with van der Waals surface area (Å²) in [6.45, 7) is 0. The van der Waals surface area contributed by atoms with E-state index in [0.717, 1.165) is 11.4 Å². The Balaban J connectivity index is 1.26. The van der Waals surface area contributed by atoms with Gasteiger partial charge < -0.3 is 9.84 Å². The number of thiazole rings is 1. The van der Waals surface area contributed by atoms with Crippen molar-refractivity contribution >= 4 is 22.4 Å². The molecule has 29 heavy (non-hydrogen) atoms. The number of nitrogens with one attached hydrogen (secondary N) is 1. The lowest BCUT2D eigenvalue weighted by Crippen LogP contribution is -2.11. The van der Waals surface area contributed by atoms with Gasteiger partial charge in [0.15, 0.2) is 5.13 Å². The number of carbonyl (C=O) groups is 1.